The number of nitrogens with zero attached hydrogens (tertiary/aromatic N) is 2. The number of pyridine rings is 1. The Bertz CT molecular complexity index is 686. The van der Waals surface area contributed by atoms with E-state index in [0.29, 0.717) is 24.5 Å². The number of aromatic nitrogens is 1. The van der Waals surface area contributed by atoms with E-state index in [1.165, 1.54) is 0 Å². The fourth-order valence-corrected chi connectivity index (χ4v) is 2.11. The number of rotatable bonds is 9. The van der Waals surface area contributed by atoms with Crippen LogP contribution in [0, 0.1) is 0 Å². The minimum atomic E-state index is -0.868. The number of carbonyl (C=O) groups is 1. The van der Waals surface area contributed by atoms with Crippen LogP contribution in [0.5, 0.6) is 5.75 Å². The molecule has 1 aromatic heterocycles. The SMILES string of the molecule is CC/C(=N\OCCOc1cccc(CC(=O)O)c1)c1ccncc1. The highest BCUT2D eigenvalue weighted by Crippen LogP contribution is 2.13. The second-order valence-corrected chi connectivity index (χ2v) is 5.03. The first-order valence-corrected chi connectivity index (χ1v) is 7.71. The molecule has 0 aliphatic carbocycles. The first-order chi connectivity index (χ1) is 11.7. The second kappa shape index (κ2) is 9.29. The van der Waals surface area contributed by atoms with Gasteiger partial charge in [0.05, 0.1) is 12.1 Å². The van der Waals surface area contributed by atoms with Crippen LogP contribution >= 0.6 is 0 Å². The van der Waals surface area contributed by atoms with Gasteiger partial charge in [0.2, 0.25) is 0 Å². The van der Waals surface area contributed by atoms with Crippen molar-refractivity contribution in [3.05, 3.63) is 59.9 Å². The quantitative estimate of drug-likeness (QED) is 0.435. The van der Waals surface area contributed by atoms with Crippen LogP contribution in [0.4, 0.5) is 0 Å². The molecule has 6 nitrogen and oxygen atoms in total. The molecule has 1 aromatic carbocycles. The maximum Gasteiger partial charge on any atom is 0.307 e. The van der Waals surface area contributed by atoms with Crippen molar-refractivity contribution in [2.45, 2.75) is 19.8 Å². The average molecular weight is 328 g/mol. The summed E-state index contributed by atoms with van der Waals surface area (Å²) in [5, 5.41) is 12.9. The van der Waals surface area contributed by atoms with Crippen molar-refractivity contribution in [3.63, 3.8) is 0 Å². The molecule has 126 valence electrons. The molecule has 0 amide bonds. The van der Waals surface area contributed by atoms with Gasteiger partial charge in [0.1, 0.15) is 12.4 Å². The first kappa shape index (κ1) is 17.5. The van der Waals surface area contributed by atoms with Crippen molar-refractivity contribution in [2.75, 3.05) is 13.2 Å². The average Bonchev–Trinajstić information content (AvgIpc) is 2.58. The number of carboxylic acid groups (broad SMARTS) is 1. The predicted octanol–water partition coefficient (Wildman–Crippen LogP) is 2.92. The maximum absolute atomic E-state index is 10.7. The number of ether oxygens (including phenoxy) is 1. The van der Waals surface area contributed by atoms with Crippen molar-refractivity contribution < 1.29 is 19.5 Å². The van der Waals surface area contributed by atoms with Crippen LogP contribution < -0.4 is 4.74 Å². The summed E-state index contributed by atoms with van der Waals surface area (Å²) in [5.74, 6) is -0.251. The highest BCUT2D eigenvalue weighted by Gasteiger charge is 2.03. The molecule has 24 heavy (non-hydrogen) atoms. The number of hydrogen-bond acceptors (Lipinski definition) is 5. The van der Waals surface area contributed by atoms with Gasteiger partial charge in [-0.05, 0) is 36.2 Å². The Morgan fingerprint density at radius 1 is 1.21 bits per heavy atom. The monoisotopic (exact) mass is 328 g/mol. The standard InChI is InChI=1S/C18H20N2O4/c1-2-17(15-6-8-19-9-7-15)20-24-11-10-23-16-5-3-4-14(12-16)13-18(21)22/h3-9,12H,2,10-11,13H2,1H3,(H,21,22)/b20-17+. The third-order valence-corrected chi connectivity index (χ3v) is 3.22. The lowest BCUT2D eigenvalue weighted by Gasteiger charge is -2.08. The highest BCUT2D eigenvalue weighted by molar-refractivity contribution is 5.99. The minimum Gasteiger partial charge on any atom is -0.490 e. The molecule has 1 N–H and O–H groups in total. The van der Waals surface area contributed by atoms with Crippen LogP contribution in [0.15, 0.2) is 53.9 Å². The predicted molar refractivity (Wildman–Crippen MR) is 90.3 cm³/mol. The van der Waals surface area contributed by atoms with Crippen LogP contribution in [0.3, 0.4) is 0 Å². The van der Waals surface area contributed by atoms with Gasteiger partial charge >= 0.3 is 5.97 Å². The van der Waals surface area contributed by atoms with Gasteiger partial charge in [-0.1, -0.05) is 24.2 Å². The molecule has 2 aromatic rings. The van der Waals surface area contributed by atoms with E-state index in [2.05, 4.69) is 10.1 Å². The molecule has 0 radical (unpaired) electrons. The number of aliphatic carboxylic acids is 1. The Morgan fingerprint density at radius 2 is 2.00 bits per heavy atom. The van der Waals surface area contributed by atoms with Gasteiger partial charge in [-0.15, -0.1) is 0 Å². The van der Waals surface area contributed by atoms with Crippen LogP contribution in [-0.2, 0) is 16.1 Å². The molecule has 0 aliphatic rings. The summed E-state index contributed by atoms with van der Waals surface area (Å²) >= 11 is 0. The van der Waals surface area contributed by atoms with E-state index >= 15 is 0 Å². The molecular formula is C18H20N2O4. The van der Waals surface area contributed by atoms with Crippen molar-refractivity contribution >= 4 is 11.7 Å². The number of oxime groups is 1. The van der Waals surface area contributed by atoms with E-state index in [1.807, 2.05) is 19.1 Å². The summed E-state index contributed by atoms with van der Waals surface area (Å²) in [6.45, 7) is 2.64. The topological polar surface area (TPSA) is 81.0 Å². The zero-order valence-corrected chi connectivity index (χ0v) is 13.5. The Morgan fingerprint density at radius 3 is 2.71 bits per heavy atom. The molecule has 0 atom stereocenters. The second-order valence-electron chi connectivity index (χ2n) is 5.03. The zero-order chi connectivity index (χ0) is 17.2. The van der Waals surface area contributed by atoms with Crippen LogP contribution in [-0.4, -0.2) is 35.0 Å². The van der Waals surface area contributed by atoms with Crippen LogP contribution in [0.1, 0.15) is 24.5 Å². The summed E-state index contributed by atoms with van der Waals surface area (Å²) in [7, 11) is 0. The molecule has 2 rings (SSSR count). The molecular weight excluding hydrogens is 308 g/mol. The summed E-state index contributed by atoms with van der Waals surface area (Å²) in [6, 6.07) is 10.8. The molecule has 0 fully saturated rings. The number of carboxylic acids is 1. The van der Waals surface area contributed by atoms with E-state index in [1.54, 1.807) is 36.7 Å². The Kier molecular flexibility index (Phi) is 6.76. The van der Waals surface area contributed by atoms with E-state index in [4.69, 9.17) is 14.7 Å². The van der Waals surface area contributed by atoms with Gasteiger partial charge in [0, 0.05) is 18.0 Å². The summed E-state index contributed by atoms with van der Waals surface area (Å²) in [5.41, 5.74) is 2.53. The maximum atomic E-state index is 10.7. The Balaban J connectivity index is 1.80. The minimum absolute atomic E-state index is 0.0240. The van der Waals surface area contributed by atoms with Crippen molar-refractivity contribution in [1.29, 1.82) is 0 Å². The van der Waals surface area contributed by atoms with Gasteiger partial charge in [-0.2, -0.15) is 0 Å². The number of hydrogen-bond donors (Lipinski definition) is 1. The van der Waals surface area contributed by atoms with Gasteiger partial charge in [-0.3, -0.25) is 9.78 Å². The smallest absolute Gasteiger partial charge is 0.307 e. The van der Waals surface area contributed by atoms with E-state index in [9.17, 15) is 4.79 Å². The van der Waals surface area contributed by atoms with E-state index in [-0.39, 0.29) is 6.42 Å². The summed E-state index contributed by atoms with van der Waals surface area (Å²) < 4.78 is 5.55. The summed E-state index contributed by atoms with van der Waals surface area (Å²) in [4.78, 5) is 20.0. The van der Waals surface area contributed by atoms with Crippen molar-refractivity contribution in [3.8, 4) is 5.75 Å². The van der Waals surface area contributed by atoms with E-state index < -0.39 is 5.97 Å². The lowest BCUT2D eigenvalue weighted by atomic mass is 10.1. The first-order valence-electron chi connectivity index (χ1n) is 7.71. The fraction of sp³-hybridized carbons (Fsp3) is 0.278. The lowest BCUT2D eigenvalue weighted by Crippen LogP contribution is -2.07. The normalized spacial score (nSPS) is 11.1. The molecule has 6 heteroatoms. The highest BCUT2D eigenvalue weighted by atomic mass is 16.6. The van der Waals surface area contributed by atoms with Gasteiger partial charge in [0.15, 0.2) is 6.61 Å². The van der Waals surface area contributed by atoms with Gasteiger partial charge < -0.3 is 14.7 Å². The van der Waals surface area contributed by atoms with Crippen LogP contribution in [0.25, 0.3) is 0 Å². The lowest BCUT2D eigenvalue weighted by molar-refractivity contribution is -0.136. The largest absolute Gasteiger partial charge is 0.490 e. The Hall–Kier alpha value is -2.89. The molecule has 0 saturated carbocycles. The molecule has 0 spiro atoms. The van der Waals surface area contributed by atoms with Gasteiger partial charge in [0.25, 0.3) is 0 Å². The third-order valence-electron chi connectivity index (χ3n) is 3.22. The van der Waals surface area contributed by atoms with Crippen molar-refractivity contribution in [1.82, 2.24) is 4.98 Å². The molecule has 0 bridgehead atoms. The molecule has 0 saturated heterocycles. The summed E-state index contributed by atoms with van der Waals surface area (Å²) in [6.07, 6.45) is 4.16. The van der Waals surface area contributed by atoms with Crippen molar-refractivity contribution in [2.24, 2.45) is 5.16 Å². The van der Waals surface area contributed by atoms with E-state index in [0.717, 1.165) is 17.7 Å². The zero-order valence-electron chi connectivity index (χ0n) is 13.5. The number of benzene rings is 1. The third kappa shape index (κ3) is 5.72. The molecule has 0 unspecified atom stereocenters. The fourth-order valence-electron chi connectivity index (χ4n) is 2.11. The van der Waals surface area contributed by atoms with Gasteiger partial charge in [-0.25, -0.2) is 0 Å². The molecule has 0 aliphatic heterocycles. The molecule has 1 heterocycles. The van der Waals surface area contributed by atoms with Crippen LogP contribution in [0.2, 0.25) is 0 Å². The Labute approximate surface area is 140 Å².